The highest BCUT2D eigenvalue weighted by atomic mass is 35.5. The van der Waals surface area contributed by atoms with E-state index < -0.39 is 28.5 Å². The van der Waals surface area contributed by atoms with Gasteiger partial charge in [0.05, 0.1) is 20.6 Å². The van der Waals surface area contributed by atoms with Crippen LogP contribution in [0.2, 0.25) is 10.0 Å². The lowest BCUT2D eigenvalue weighted by Crippen LogP contribution is -2.52. The Morgan fingerprint density at radius 3 is 2.08 bits per heavy atom. The van der Waals surface area contributed by atoms with E-state index in [1.165, 1.54) is 17.0 Å². The van der Waals surface area contributed by atoms with Crippen LogP contribution in [-0.4, -0.2) is 43.8 Å². The van der Waals surface area contributed by atoms with Gasteiger partial charge in [0.2, 0.25) is 11.8 Å². The van der Waals surface area contributed by atoms with E-state index in [1.807, 2.05) is 39.8 Å². The number of rotatable bonds is 10. The van der Waals surface area contributed by atoms with Crippen LogP contribution in [0.25, 0.3) is 0 Å². The van der Waals surface area contributed by atoms with Crippen LogP contribution in [0.4, 0.5) is 5.69 Å². The molecule has 0 aromatic heterocycles. The van der Waals surface area contributed by atoms with E-state index in [-0.39, 0.29) is 23.4 Å². The summed E-state index contributed by atoms with van der Waals surface area (Å²) in [7, 11) is -4.14. The molecule has 0 radical (unpaired) electrons. The molecule has 3 aromatic carbocycles. The molecule has 0 aliphatic heterocycles. The number of nitrogens with zero attached hydrogens (tertiary/aromatic N) is 2. The molecule has 2 amide bonds. The van der Waals surface area contributed by atoms with E-state index in [1.54, 1.807) is 50.2 Å². The van der Waals surface area contributed by atoms with Crippen LogP contribution in [0.1, 0.15) is 43.0 Å². The summed E-state index contributed by atoms with van der Waals surface area (Å²) in [6.07, 6.45) is 0. The Kier molecular flexibility index (Phi) is 10.3. The number of aryl methyl sites for hydroxylation is 3. The molecule has 10 heteroatoms. The van der Waals surface area contributed by atoms with Gasteiger partial charge >= 0.3 is 0 Å². The van der Waals surface area contributed by atoms with Gasteiger partial charge in [0.15, 0.2) is 0 Å². The third-order valence-corrected chi connectivity index (χ3v) is 8.97. The monoisotopic (exact) mass is 603 g/mol. The highest BCUT2D eigenvalue weighted by Gasteiger charge is 2.33. The fraction of sp³-hybridized carbons (Fsp3) is 0.333. The molecule has 0 saturated carbocycles. The minimum absolute atomic E-state index is 0.0215. The van der Waals surface area contributed by atoms with Crippen molar-refractivity contribution in [3.63, 3.8) is 0 Å². The van der Waals surface area contributed by atoms with Gasteiger partial charge in [0.25, 0.3) is 10.0 Å². The summed E-state index contributed by atoms with van der Waals surface area (Å²) >= 11 is 12.3. The van der Waals surface area contributed by atoms with Gasteiger partial charge in [0, 0.05) is 12.6 Å². The fourth-order valence-corrected chi connectivity index (χ4v) is 5.95. The van der Waals surface area contributed by atoms with E-state index >= 15 is 0 Å². The van der Waals surface area contributed by atoms with Gasteiger partial charge in [-0.1, -0.05) is 59.1 Å². The largest absolute Gasteiger partial charge is 0.352 e. The molecule has 0 heterocycles. The summed E-state index contributed by atoms with van der Waals surface area (Å²) in [5.41, 5.74) is 3.48. The smallest absolute Gasteiger partial charge is 0.264 e. The zero-order chi connectivity index (χ0) is 29.8. The number of carbonyl (C=O) groups is 2. The number of hydrogen-bond donors (Lipinski definition) is 1. The van der Waals surface area contributed by atoms with Crippen LogP contribution in [0.3, 0.4) is 0 Å². The van der Waals surface area contributed by atoms with Crippen molar-refractivity contribution in [2.45, 2.75) is 65.1 Å². The second-order valence-electron chi connectivity index (χ2n) is 10.2. The van der Waals surface area contributed by atoms with Crippen LogP contribution in [0.5, 0.6) is 0 Å². The third kappa shape index (κ3) is 7.56. The molecule has 0 aliphatic rings. The average Bonchev–Trinajstić information content (AvgIpc) is 2.88. The lowest BCUT2D eigenvalue weighted by atomic mass is 10.1. The number of nitrogens with one attached hydrogen (secondary N) is 1. The van der Waals surface area contributed by atoms with Gasteiger partial charge in [-0.05, 0) is 88.6 Å². The SMILES string of the molecule is Cc1ccc(S(=O)(=O)N(CC(=O)N(Cc2ccc(Cl)c(Cl)c2)C(C)C(=O)NC(C)C)c2cc(C)ccc2C)cc1. The molecule has 3 rings (SSSR count). The minimum atomic E-state index is -4.14. The van der Waals surface area contributed by atoms with Crippen molar-refractivity contribution >= 4 is 50.7 Å². The highest BCUT2D eigenvalue weighted by molar-refractivity contribution is 7.92. The normalized spacial score (nSPS) is 12.2. The number of benzene rings is 3. The molecule has 0 bridgehead atoms. The van der Waals surface area contributed by atoms with Crippen molar-refractivity contribution in [3.8, 4) is 0 Å². The molecule has 7 nitrogen and oxygen atoms in total. The predicted octanol–water partition coefficient (Wildman–Crippen LogP) is 6.06. The van der Waals surface area contributed by atoms with Crippen molar-refractivity contribution in [3.05, 3.63) is 93.0 Å². The Morgan fingerprint density at radius 1 is 0.850 bits per heavy atom. The number of amides is 2. The standard InChI is InChI=1S/C30H35Cl2N3O4S/c1-19(2)33-30(37)23(6)34(17-24-11-14-26(31)27(32)16-24)29(36)18-35(28-15-21(4)7-10-22(28)5)40(38,39)25-12-8-20(3)9-13-25/h7-16,19,23H,17-18H2,1-6H3,(H,33,37). The van der Waals surface area contributed by atoms with Crippen LogP contribution < -0.4 is 9.62 Å². The molecule has 1 unspecified atom stereocenters. The highest BCUT2D eigenvalue weighted by Crippen LogP contribution is 2.29. The quantitative estimate of drug-likeness (QED) is 0.305. The van der Waals surface area contributed by atoms with Crippen LogP contribution >= 0.6 is 23.2 Å². The maximum absolute atomic E-state index is 14.0. The van der Waals surface area contributed by atoms with Gasteiger partial charge in [-0.25, -0.2) is 8.42 Å². The molecule has 0 spiro atoms. The number of sulfonamides is 1. The predicted molar refractivity (Wildman–Crippen MR) is 161 cm³/mol. The van der Waals surface area contributed by atoms with E-state index in [0.717, 1.165) is 15.4 Å². The van der Waals surface area contributed by atoms with Gasteiger partial charge in [-0.15, -0.1) is 0 Å². The second kappa shape index (κ2) is 13.1. The molecule has 40 heavy (non-hydrogen) atoms. The molecule has 0 fully saturated rings. The van der Waals surface area contributed by atoms with Crippen molar-refractivity contribution in [1.29, 1.82) is 0 Å². The zero-order valence-corrected chi connectivity index (χ0v) is 25.9. The molecule has 3 aromatic rings. The molecular formula is C30H35Cl2N3O4S. The summed E-state index contributed by atoms with van der Waals surface area (Å²) in [6.45, 7) is 10.3. The fourth-order valence-electron chi connectivity index (χ4n) is 4.16. The second-order valence-corrected chi connectivity index (χ2v) is 12.9. The molecule has 214 valence electrons. The summed E-state index contributed by atoms with van der Waals surface area (Å²) in [4.78, 5) is 28.5. The van der Waals surface area contributed by atoms with Crippen molar-refractivity contribution in [2.75, 3.05) is 10.8 Å². The van der Waals surface area contributed by atoms with E-state index in [0.29, 0.717) is 26.9 Å². The summed E-state index contributed by atoms with van der Waals surface area (Å²) < 4.78 is 29.1. The number of carbonyl (C=O) groups excluding carboxylic acids is 2. The van der Waals surface area contributed by atoms with Gasteiger partial charge in [-0.2, -0.15) is 0 Å². The first-order chi connectivity index (χ1) is 18.7. The lowest BCUT2D eigenvalue weighted by molar-refractivity contribution is -0.139. The zero-order valence-electron chi connectivity index (χ0n) is 23.5. The molecule has 0 aliphatic carbocycles. The molecular weight excluding hydrogens is 569 g/mol. The van der Waals surface area contributed by atoms with Gasteiger partial charge in [-0.3, -0.25) is 13.9 Å². The van der Waals surface area contributed by atoms with Gasteiger partial charge < -0.3 is 10.2 Å². The number of anilines is 1. The van der Waals surface area contributed by atoms with Gasteiger partial charge in [0.1, 0.15) is 12.6 Å². The average molecular weight is 605 g/mol. The Hall–Kier alpha value is -3.07. The Labute approximate surface area is 247 Å². The maximum atomic E-state index is 14.0. The van der Waals surface area contributed by atoms with E-state index in [4.69, 9.17) is 23.2 Å². The Bertz CT molecular complexity index is 1490. The lowest BCUT2D eigenvalue weighted by Gasteiger charge is -2.33. The van der Waals surface area contributed by atoms with E-state index in [2.05, 4.69) is 5.32 Å². The minimum Gasteiger partial charge on any atom is -0.352 e. The maximum Gasteiger partial charge on any atom is 0.264 e. The van der Waals surface area contributed by atoms with Crippen molar-refractivity contribution in [2.24, 2.45) is 0 Å². The number of halogens is 2. The van der Waals surface area contributed by atoms with Crippen LogP contribution in [0, 0.1) is 20.8 Å². The third-order valence-electron chi connectivity index (χ3n) is 6.46. The topological polar surface area (TPSA) is 86.8 Å². The summed E-state index contributed by atoms with van der Waals surface area (Å²) in [5.74, 6) is -0.905. The van der Waals surface area contributed by atoms with Crippen molar-refractivity contribution in [1.82, 2.24) is 10.2 Å². The Morgan fingerprint density at radius 2 is 1.48 bits per heavy atom. The van der Waals surface area contributed by atoms with Crippen LogP contribution in [-0.2, 0) is 26.2 Å². The molecule has 1 N–H and O–H groups in total. The van der Waals surface area contributed by atoms with Crippen molar-refractivity contribution < 1.29 is 18.0 Å². The number of hydrogen-bond acceptors (Lipinski definition) is 4. The molecule has 0 saturated heterocycles. The first-order valence-electron chi connectivity index (χ1n) is 12.9. The first-order valence-corrected chi connectivity index (χ1v) is 15.1. The van der Waals surface area contributed by atoms with E-state index in [9.17, 15) is 18.0 Å². The molecule has 1 atom stereocenters. The summed E-state index contributed by atoms with van der Waals surface area (Å²) in [5, 5.41) is 3.51. The first kappa shape index (κ1) is 31.5. The van der Waals surface area contributed by atoms with Crippen LogP contribution in [0.15, 0.2) is 65.6 Å². The summed E-state index contributed by atoms with van der Waals surface area (Å²) in [6, 6.07) is 15.8. The Balaban J connectivity index is 2.09.